The number of nitrogens with zero attached hydrogens (tertiary/aromatic N) is 1. The fraction of sp³-hybridized carbons (Fsp3) is 0.250. The molecular formula is C8H7NO2S. The summed E-state index contributed by atoms with van der Waals surface area (Å²) < 4.78 is 0. The van der Waals surface area contributed by atoms with Crippen LogP contribution in [0.2, 0.25) is 0 Å². The monoisotopic (exact) mass is 181 g/mol. The lowest BCUT2D eigenvalue weighted by atomic mass is 10.3. The number of thiophene rings is 1. The Morgan fingerprint density at radius 1 is 1.67 bits per heavy atom. The van der Waals surface area contributed by atoms with Crippen molar-refractivity contribution in [3.8, 4) is 6.07 Å². The summed E-state index contributed by atoms with van der Waals surface area (Å²) in [6.07, 6.45) is 0.646. The van der Waals surface area contributed by atoms with E-state index in [-0.39, 0.29) is 6.42 Å². The molecule has 0 aliphatic heterocycles. The Balaban J connectivity index is 2.54. The van der Waals surface area contributed by atoms with E-state index < -0.39 is 5.97 Å². The molecule has 0 fully saturated rings. The molecule has 0 saturated heterocycles. The van der Waals surface area contributed by atoms with E-state index in [1.807, 2.05) is 6.07 Å². The summed E-state index contributed by atoms with van der Waals surface area (Å²) in [5.41, 5.74) is 0. The van der Waals surface area contributed by atoms with Gasteiger partial charge in [0, 0.05) is 4.88 Å². The molecule has 1 heterocycles. The largest absolute Gasteiger partial charge is 0.481 e. The van der Waals surface area contributed by atoms with Crippen LogP contribution in [-0.4, -0.2) is 11.1 Å². The predicted molar refractivity (Wildman–Crippen MR) is 45.0 cm³/mol. The molecule has 1 aromatic rings. The van der Waals surface area contributed by atoms with Crippen molar-refractivity contribution in [2.45, 2.75) is 12.8 Å². The molecule has 0 bridgehead atoms. The number of carbonyl (C=O) groups is 1. The molecule has 0 spiro atoms. The molecule has 0 amide bonds. The van der Waals surface area contributed by atoms with Gasteiger partial charge in [0.25, 0.3) is 0 Å². The molecule has 1 N–H and O–H groups in total. The Bertz CT molecular complexity index is 324. The second-order valence-corrected chi connectivity index (χ2v) is 3.44. The van der Waals surface area contributed by atoms with Crippen molar-refractivity contribution in [2.24, 2.45) is 0 Å². The van der Waals surface area contributed by atoms with Gasteiger partial charge in [-0.2, -0.15) is 5.26 Å². The Morgan fingerprint density at radius 3 is 2.92 bits per heavy atom. The van der Waals surface area contributed by atoms with Gasteiger partial charge in [-0.15, -0.1) is 11.3 Å². The van der Waals surface area contributed by atoms with E-state index in [1.165, 1.54) is 11.3 Å². The van der Waals surface area contributed by atoms with E-state index in [4.69, 9.17) is 10.4 Å². The van der Waals surface area contributed by atoms with Crippen LogP contribution < -0.4 is 0 Å². The molecule has 1 aromatic heterocycles. The number of hydrogen-bond donors (Lipinski definition) is 1. The van der Waals surface area contributed by atoms with E-state index in [2.05, 4.69) is 0 Å². The third-order valence-corrected chi connectivity index (χ3v) is 2.41. The second kappa shape index (κ2) is 3.88. The molecular weight excluding hydrogens is 174 g/mol. The summed E-state index contributed by atoms with van der Waals surface area (Å²) in [5, 5.41) is 16.9. The number of rotatable bonds is 3. The zero-order valence-electron chi connectivity index (χ0n) is 6.28. The minimum absolute atomic E-state index is 0.130. The molecule has 0 aliphatic rings. The van der Waals surface area contributed by atoms with Crippen LogP contribution in [0.25, 0.3) is 0 Å². The van der Waals surface area contributed by atoms with Gasteiger partial charge in [0.1, 0.15) is 10.9 Å². The third kappa shape index (κ3) is 2.36. The van der Waals surface area contributed by atoms with Crippen molar-refractivity contribution in [1.82, 2.24) is 0 Å². The molecule has 0 atom stereocenters. The molecule has 4 heteroatoms. The highest BCUT2D eigenvalue weighted by atomic mass is 32.1. The first kappa shape index (κ1) is 8.75. The summed E-state index contributed by atoms with van der Waals surface area (Å²) in [6.45, 7) is 0. The number of aliphatic carboxylic acids is 1. The van der Waals surface area contributed by atoms with Crippen molar-refractivity contribution >= 4 is 17.3 Å². The van der Waals surface area contributed by atoms with Crippen LogP contribution in [0.4, 0.5) is 0 Å². The first-order valence-corrected chi connectivity index (χ1v) is 4.24. The first-order chi connectivity index (χ1) is 5.72. The van der Waals surface area contributed by atoms with Crippen molar-refractivity contribution in [3.63, 3.8) is 0 Å². The number of aryl methyl sites for hydroxylation is 1. The van der Waals surface area contributed by atoms with Gasteiger partial charge in [-0.1, -0.05) is 0 Å². The Labute approximate surface area is 73.9 Å². The van der Waals surface area contributed by atoms with Gasteiger partial charge in [-0.3, -0.25) is 4.79 Å². The molecule has 3 nitrogen and oxygen atoms in total. The first-order valence-electron chi connectivity index (χ1n) is 3.43. The minimum Gasteiger partial charge on any atom is -0.481 e. The summed E-state index contributed by atoms with van der Waals surface area (Å²) >= 11 is 1.35. The topological polar surface area (TPSA) is 61.1 Å². The van der Waals surface area contributed by atoms with Crippen LogP contribution in [0, 0.1) is 11.3 Å². The fourth-order valence-corrected chi connectivity index (χ4v) is 1.61. The lowest BCUT2D eigenvalue weighted by Gasteiger charge is -1.89. The maximum atomic E-state index is 10.2. The highest BCUT2D eigenvalue weighted by molar-refractivity contribution is 7.12. The van der Waals surface area contributed by atoms with Gasteiger partial charge < -0.3 is 5.11 Å². The van der Waals surface area contributed by atoms with Gasteiger partial charge in [-0.25, -0.2) is 0 Å². The summed E-state index contributed by atoms with van der Waals surface area (Å²) in [5.74, 6) is -0.804. The number of nitriles is 1. The van der Waals surface area contributed by atoms with Gasteiger partial charge >= 0.3 is 5.97 Å². The Morgan fingerprint density at radius 2 is 2.42 bits per heavy atom. The number of carboxylic acid groups (broad SMARTS) is 1. The van der Waals surface area contributed by atoms with Gasteiger partial charge in [0.2, 0.25) is 0 Å². The molecule has 62 valence electrons. The van der Waals surface area contributed by atoms with Gasteiger partial charge in [0.15, 0.2) is 0 Å². The van der Waals surface area contributed by atoms with Gasteiger partial charge in [0.05, 0.1) is 6.42 Å². The molecule has 12 heavy (non-hydrogen) atoms. The summed E-state index contributed by atoms with van der Waals surface area (Å²) in [6, 6.07) is 5.51. The molecule has 0 unspecified atom stereocenters. The summed E-state index contributed by atoms with van der Waals surface area (Å²) in [7, 11) is 0. The minimum atomic E-state index is -0.804. The van der Waals surface area contributed by atoms with Crippen molar-refractivity contribution < 1.29 is 9.90 Å². The van der Waals surface area contributed by atoms with E-state index in [0.29, 0.717) is 11.3 Å². The van der Waals surface area contributed by atoms with E-state index in [1.54, 1.807) is 12.1 Å². The normalized spacial score (nSPS) is 9.25. The maximum Gasteiger partial charge on any atom is 0.303 e. The standard InChI is InChI=1S/C8H7NO2S/c9-5-7-2-1-6(12-7)3-4-8(10)11/h1-2H,3-4H2,(H,10,11). The van der Waals surface area contributed by atoms with Crippen molar-refractivity contribution in [1.29, 1.82) is 5.26 Å². The molecule has 0 aromatic carbocycles. The van der Waals surface area contributed by atoms with Crippen molar-refractivity contribution in [3.05, 3.63) is 21.9 Å². The van der Waals surface area contributed by atoms with Crippen LogP contribution in [-0.2, 0) is 11.2 Å². The highest BCUT2D eigenvalue weighted by Crippen LogP contribution is 2.16. The van der Waals surface area contributed by atoms with Gasteiger partial charge in [-0.05, 0) is 18.6 Å². The smallest absolute Gasteiger partial charge is 0.303 e. The van der Waals surface area contributed by atoms with Crippen LogP contribution in [0.5, 0.6) is 0 Å². The number of carboxylic acids is 1. The quantitative estimate of drug-likeness (QED) is 0.771. The molecule has 0 saturated carbocycles. The number of hydrogen-bond acceptors (Lipinski definition) is 3. The van der Waals surface area contributed by atoms with Crippen LogP contribution >= 0.6 is 11.3 Å². The Kier molecular flexibility index (Phi) is 2.83. The average molecular weight is 181 g/mol. The lowest BCUT2D eigenvalue weighted by molar-refractivity contribution is -0.136. The predicted octanol–water partition coefficient (Wildman–Crippen LogP) is 1.64. The second-order valence-electron chi connectivity index (χ2n) is 2.27. The van der Waals surface area contributed by atoms with E-state index >= 15 is 0 Å². The molecule has 0 aliphatic carbocycles. The molecule has 0 radical (unpaired) electrons. The fourth-order valence-electron chi connectivity index (χ4n) is 0.802. The third-order valence-electron chi connectivity index (χ3n) is 1.36. The SMILES string of the molecule is N#Cc1ccc(CCC(=O)O)s1. The van der Waals surface area contributed by atoms with E-state index in [9.17, 15) is 4.79 Å². The van der Waals surface area contributed by atoms with Crippen LogP contribution in [0.15, 0.2) is 12.1 Å². The summed E-state index contributed by atoms with van der Waals surface area (Å²) in [4.78, 5) is 11.8. The van der Waals surface area contributed by atoms with Crippen LogP contribution in [0.3, 0.4) is 0 Å². The zero-order valence-corrected chi connectivity index (χ0v) is 7.10. The van der Waals surface area contributed by atoms with E-state index in [0.717, 1.165) is 4.88 Å². The zero-order chi connectivity index (χ0) is 8.97. The van der Waals surface area contributed by atoms with Crippen molar-refractivity contribution in [2.75, 3.05) is 0 Å². The molecule has 1 rings (SSSR count). The highest BCUT2D eigenvalue weighted by Gasteiger charge is 2.01. The lowest BCUT2D eigenvalue weighted by Crippen LogP contribution is -1.95. The average Bonchev–Trinajstić information content (AvgIpc) is 2.48. The Hall–Kier alpha value is -1.34. The van der Waals surface area contributed by atoms with Crippen LogP contribution in [0.1, 0.15) is 16.2 Å². The maximum absolute atomic E-state index is 10.2.